The van der Waals surface area contributed by atoms with Crippen LogP contribution in [0.3, 0.4) is 0 Å². The van der Waals surface area contributed by atoms with Crippen molar-refractivity contribution in [3.8, 4) is 0 Å². The van der Waals surface area contributed by atoms with E-state index in [2.05, 4.69) is 0 Å². The van der Waals surface area contributed by atoms with E-state index in [0.717, 1.165) is 0 Å². The average Bonchev–Trinajstić information content (AvgIpc) is 2.41. The Morgan fingerprint density at radius 3 is 2.27 bits per heavy atom. The van der Waals surface area contributed by atoms with Crippen LogP contribution in [0, 0.1) is 0 Å². The summed E-state index contributed by atoms with van der Waals surface area (Å²) in [5, 5.41) is 46.7. The molecule has 1 saturated heterocycles. The van der Waals surface area contributed by atoms with Gasteiger partial charge in [-0.1, -0.05) is 0 Å². The first-order chi connectivity index (χ1) is 10.1. The molecule has 0 spiro atoms. The fourth-order valence-corrected chi connectivity index (χ4v) is 3.57. The molecule has 1 aliphatic rings. The standard InChI is InChI=1S/C9H17NO10S2/c11-1-4-5(12)6(13)7(14)9(20-4)21-2-3(8(15)16)10-22(17,18)19/h3-7,9-14H,1-2H2,(H,15,16)(H,17,18,19)/t3-,4+,5+,6-,7+,9-/m0/s1. The molecule has 1 heterocycles. The predicted molar refractivity (Wildman–Crippen MR) is 72.3 cm³/mol. The van der Waals surface area contributed by atoms with Gasteiger partial charge in [0.1, 0.15) is 35.9 Å². The number of hydrogen-bond donors (Lipinski definition) is 7. The molecule has 0 amide bonds. The SMILES string of the molecule is O=C(O)[C@H](CS[C@@H]1O[C@H](CO)[C@@H](O)[C@H](O)[C@H]1O)NS(=O)(=O)O. The van der Waals surface area contributed by atoms with Gasteiger partial charge < -0.3 is 30.3 Å². The highest BCUT2D eigenvalue weighted by atomic mass is 32.2. The number of aliphatic hydroxyl groups excluding tert-OH is 4. The number of hydrogen-bond acceptors (Lipinski definition) is 9. The van der Waals surface area contributed by atoms with Crippen LogP contribution in [0.2, 0.25) is 0 Å². The van der Waals surface area contributed by atoms with Gasteiger partial charge in [0.05, 0.1) is 6.61 Å². The first kappa shape index (κ1) is 19.5. The van der Waals surface area contributed by atoms with Gasteiger partial charge in [-0.15, -0.1) is 11.8 Å². The summed E-state index contributed by atoms with van der Waals surface area (Å²) >= 11 is 0.634. The van der Waals surface area contributed by atoms with Gasteiger partial charge in [-0.2, -0.15) is 13.1 Å². The van der Waals surface area contributed by atoms with E-state index in [4.69, 9.17) is 19.5 Å². The monoisotopic (exact) mass is 363 g/mol. The largest absolute Gasteiger partial charge is 0.480 e. The molecule has 0 aromatic rings. The molecule has 6 atom stereocenters. The lowest BCUT2D eigenvalue weighted by Gasteiger charge is -2.39. The van der Waals surface area contributed by atoms with E-state index in [9.17, 15) is 28.5 Å². The maximum atomic E-state index is 10.9. The van der Waals surface area contributed by atoms with E-state index in [0.29, 0.717) is 11.8 Å². The molecule has 13 heteroatoms. The highest BCUT2D eigenvalue weighted by molar-refractivity contribution is 7.99. The molecule has 0 aliphatic carbocycles. The molecule has 22 heavy (non-hydrogen) atoms. The minimum absolute atomic E-state index is 0.447. The number of carbonyl (C=O) groups is 1. The van der Waals surface area contributed by atoms with E-state index < -0.39 is 64.5 Å². The van der Waals surface area contributed by atoms with Gasteiger partial charge in [-0.3, -0.25) is 9.35 Å². The maximum absolute atomic E-state index is 10.9. The first-order valence-electron chi connectivity index (χ1n) is 5.96. The third-order valence-electron chi connectivity index (χ3n) is 2.86. The normalized spacial score (nSPS) is 34.3. The molecule has 0 aromatic carbocycles. The number of aliphatic hydroxyl groups is 4. The van der Waals surface area contributed by atoms with Crippen LogP contribution in [0.15, 0.2) is 0 Å². The van der Waals surface area contributed by atoms with E-state index in [-0.39, 0.29) is 0 Å². The number of carboxylic acid groups (broad SMARTS) is 1. The first-order valence-corrected chi connectivity index (χ1v) is 8.45. The quantitative estimate of drug-likeness (QED) is 0.221. The summed E-state index contributed by atoms with van der Waals surface area (Å²) in [6.07, 6.45) is -5.92. The molecule has 1 rings (SSSR count). The Bertz CT molecular complexity index is 483. The van der Waals surface area contributed by atoms with Crippen LogP contribution in [0.4, 0.5) is 0 Å². The zero-order valence-electron chi connectivity index (χ0n) is 11.0. The van der Waals surface area contributed by atoms with Crippen LogP contribution >= 0.6 is 11.8 Å². The number of rotatable bonds is 7. The number of nitrogens with one attached hydrogen (secondary N) is 1. The molecular formula is C9H17NO10S2. The lowest BCUT2D eigenvalue weighted by atomic mass is 10.0. The van der Waals surface area contributed by atoms with Gasteiger partial charge in [0, 0.05) is 5.75 Å². The summed E-state index contributed by atoms with van der Waals surface area (Å²) in [6, 6.07) is -1.70. The molecule has 0 bridgehead atoms. The van der Waals surface area contributed by atoms with Crippen molar-refractivity contribution in [3.63, 3.8) is 0 Å². The molecular weight excluding hydrogens is 346 g/mol. The summed E-state index contributed by atoms with van der Waals surface area (Å²) < 4.78 is 36.4. The Kier molecular flexibility index (Phi) is 6.97. The number of aliphatic carboxylic acids is 1. The highest BCUT2D eigenvalue weighted by Gasteiger charge is 2.44. The van der Waals surface area contributed by atoms with Crippen molar-refractivity contribution in [1.29, 1.82) is 0 Å². The van der Waals surface area contributed by atoms with Crippen molar-refractivity contribution in [2.24, 2.45) is 0 Å². The number of carboxylic acids is 1. The van der Waals surface area contributed by atoms with Gasteiger partial charge in [0.2, 0.25) is 0 Å². The molecule has 0 saturated carbocycles. The summed E-state index contributed by atoms with van der Waals surface area (Å²) in [5.74, 6) is -2.02. The molecule has 0 aromatic heterocycles. The van der Waals surface area contributed by atoms with Crippen LogP contribution in [-0.2, 0) is 19.8 Å². The van der Waals surface area contributed by atoms with Crippen molar-refractivity contribution in [3.05, 3.63) is 0 Å². The average molecular weight is 363 g/mol. The minimum atomic E-state index is -4.75. The van der Waals surface area contributed by atoms with Gasteiger partial charge >= 0.3 is 16.3 Å². The second kappa shape index (κ2) is 7.85. The Morgan fingerprint density at radius 2 is 1.82 bits per heavy atom. The second-order valence-electron chi connectivity index (χ2n) is 4.51. The van der Waals surface area contributed by atoms with Gasteiger partial charge in [0.25, 0.3) is 0 Å². The van der Waals surface area contributed by atoms with Crippen LogP contribution in [0.5, 0.6) is 0 Å². The topological polar surface area (TPSA) is 194 Å². The van der Waals surface area contributed by atoms with Crippen molar-refractivity contribution in [1.82, 2.24) is 4.72 Å². The maximum Gasteiger partial charge on any atom is 0.334 e. The lowest BCUT2D eigenvalue weighted by molar-refractivity contribution is -0.205. The fourth-order valence-electron chi connectivity index (χ4n) is 1.73. The lowest BCUT2D eigenvalue weighted by Crippen LogP contribution is -2.57. The predicted octanol–water partition coefficient (Wildman–Crippen LogP) is -3.63. The number of ether oxygens (including phenoxy) is 1. The van der Waals surface area contributed by atoms with Crippen LogP contribution in [0.1, 0.15) is 0 Å². The number of thioether (sulfide) groups is 1. The zero-order valence-corrected chi connectivity index (χ0v) is 12.6. The van der Waals surface area contributed by atoms with Crippen LogP contribution in [-0.4, -0.2) is 92.7 Å². The van der Waals surface area contributed by atoms with Crippen molar-refractivity contribution in [2.75, 3.05) is 12.4 Å². The Hall–Kier alpha value is -0.510. The molecule has 7 N–H and O–H groups in total. The zero-order chi connectivity index (χ0) is 17.1. The van der Waals surface area contributed by atoms with Crippen molar-refractivity contribution in [2.45, 2.75) is 35.9 Å². The van der Waals surface area contributed by atoms with Crippen molar-refractivity contribution >= 4 is 28.0 Å². The van der Waals surface area contributed by atoms with Crippen molar-refractivity contribution < 1.29 is 48.0 Å². The van der Waals surface area contributed by atoms with E-state index in [1.807, 2.05) is 0 Å². The molecule has 1 fully saturated rings. The third kappa shape index (κ3) is 5.29. The molecule has 130 valence electrons. The van der Waals surface area contributed by atoms with Gasteiger partial charge in [0.15, 0.2) is 0 Å². The summed E-state index contributed by atoms with van der Waals surface area (Å²) in [6.45, 7) is -0.645. The Labute approximate surface area is 129 Å². The smallest absolute Gasteiger partial charge is 0.334 e. The summed E-state index contributed by atoms with van der Waals surface area (Å²) in [5.41, 5.74) is -1.21. The van der Waals surface area contributed by atoms with E-state index in [1.165, 1.54) is 4.72 Å². The minimum Gasteiger partial charge on any atom is -0.480 e. The van der Waals surface area contributed by atoms with Gasteiger partial charge in [-0.25, -0.2) is 0 Å². The van der Waals surface area contributed by atoms with E-state index >= 15 is 0 Å². The van der Waals surface area contributed by atoms with Crippen LogP contribution in [0.25, 0.3) is 0 Å². The Balaban J connectivity index is 2.69. The highest BCUT2D eigenvalue weighted by Crippen LogP contribution is 2.28. The van der Waals surface area contributed by atoms with Crippen LogP contribution < -0.4 is 4.72 Å². The Morgan fingerprint density at radius 1 is 1.23 bits per heavy atom. The molecule has 0 unspecified atom stereocenters. The van der Waals surface area contributed by atoms with Gasteiger partial charge in [-0.05, 0) is 0 Å². The molecule has 11 nitrogen and oxygen atoms in total. The fraction of sp³-hybridized carbons (Fsp3) is 0.889. The van der Waals surface area contributed by atoms with E-state index in [1.54, 1.807) is 0 Å². The third-order valence-corrected chi connectivity index (χ3v) is 4.69. The molecule has 1 aliphatic heterocycles. The summed E-state index contributed by atoms with van der Waals surface area (Å²) in [4.78, 5) is 10.9. The molecule has 0 radical (unpaired) electrons. The second-order valence-corrected chi connectivity index (χ2v) is 6.83. The summed E-state index contributed by atoms with van der Waals surface area (Å²) in [7, 11) is -4.75.